The minimum Gasteiger partial charge on any atom is -0.383 e. The number of benzene rings is 1. The monoisotopic (exact) mass is 220 g/mol. The molecule has 0 aromatic heterocycles. The Bertz CT molecular complexity index is 309. The zero-order valence-electron chi connectivity index (χ0n) is 11.0. The van der Waals surface area contributed by atoms with Crippen LogP contribution in [0.5, 0.6) is 0 Å². The van der Waals surface area contributed by atoms with Gasteiger partial charge in [-0.2, -0.15) is 0 Å². The van der Waals surface area contributed by atoms with Gasteiger partial charge in [0.15, 0.2) is 0 Å². The fraction of sp³-hybridized carbons (Fsp3) is 0.571. The highest BCUT2D eigenvalue weighted by Crippen LogP contribution is 2.24. The first-order valence-corrected chi connectivity index (χ1v) is 6.23. The van der Waals surface area contributed by atoms with E-state index in [-0.39, 0.29) is 0 Å². The van der Waals surface area contributed by atoms with Crippen LogP contribution >= 0.6 is 0 Å². The molecule has 1 aromatic rings. The van der Waals surface area contributed by atoms with Crippen molar-refractivity contribution in [2.75, 3.05) is 30.4 Å². The molecule has 1 aromatic carbocycles. The third-order valence-electron chi connectivity index (χ3n) is 3.13. The van der Waals surface area contributed by atoms with E-state index in [9.17, 15) is 0 Å². The summed E-state index contributed by atoms with van der Waals surface area (Å²) < 4.78 is 0. The average Bonchev–Trinajstić information content (AvgIpc) is 2.35. The van der Waals surface area contributed by atoms with Crippen LogP contribution in [0.3, 0.4) is 0 Å². The predicted octanol–water partition coefficient (Wildman–Crippen LogP) is 3.60. The van der Waals surface area contributed by atoms with Crippen molar-refractivity contribution in [2.24, 2.45) is 5.92 Å². The van der Waals surface area contributed by atoms with E-state index in [1.165, 1.54) is 17.8 Å². The number of anilines is 2. The van der Waals surface area contributed by atoms with E-state index < -0.39 is 0 Å². The largest absolute Gasteiger partial charge is 0.383 e. The molecule has 0 aliphatic rings. The molecule has 0 spiro atoms. The highest BCUT2D eigenvalue weighted by atomic mass is 15.1. The van der Waals surface area contributed by atoms with Gasteiger partial charge < -0.3 is 10.2 Å². The summed E-state index contributed by atoms with van der Waals surface area (Å²) in [5.41, 5.74) is 2.53. The minimum atomic E-state index is 0.722. The van der Waals surface area contributed by atoms with Gasteiger partial charge in [0.1, 0.15) is 0 Å². The lowest BCUT2D eigenvalue weighted by Crippen LogP contribution is -2.19. The Morgan fingerprint density at radius 2 is 1.94 bits per heavy atom. The number of hydrogen-bond donors (Lipinski definition) is 1. The van der Waals surface area contributed by atoms with Gasteiger partial charge in [0.05, 0.1) is 11.4 Å². The van der Waals surface area contributed by atoms with Gasteiger partial charge in [-0.15, -0.1) is 0 Å². The van der Waals surface area contributed by atoms with Crippen LogP contribution in [-0.2, 0) is 0 Å². The summed E-state index contributed by atoms with van der Waals surface area (Å²) >= 11 is 0. The number of hydrogen-bond acceptors (Lipinski definition) is 2. The fourth-order valence-corrected chi connectivity index (χ4v) is 1.55. The first kappa shape index (κ1) is 12.9. The molecule has 2 nitrogen and oxygen atoms in total. The number of nitrogens with zero attached hydrogens (tertiary/aromatic N) is 1. The third-order valence-corrected chi connectivity index (χ3v) is 3.13. The highest BCUT2D eigenvalue weighted by molar-refractivity contribution is 5.69. The SMILES string of the molecule is CCC(C)CNc1ccccc1N(C)CC. The van der Waals surface area contributed by atoms with Crippen LogP contribution < -0.4 is 10.2 Å². The van der Waals surface area contributed by atoms with E-state index in [4.69, 9.17) is 0 Å². The van der Waals surface area contributed by atoms with Gasteiger partial charge in [0, 0.05) is 20.1 Å². The van der Waals surface area contributed by atoms with Gasteiger partial charge in [-0.1, -0.05) is 32.4 Å². The van der Waals surface area contributed by atoms with Crippen molar-refractivity contribution in [3.63, 3.8) is 0 Å². The van der Waals surface area contributed by atoms with Crippen LogP contribution in [0.15, 0.2) is 24.3 Å². The fourth-order valence-electron chi connectivity index (χ4n) is 1.55. The van der Waals surface area contributed by atoms with Crippen LogP contribution in [0.4, 0.5) is 11.4 Å². The molecule has 16 heavy (non-hydrogen) atoms. The molecule has 1 unspecified atom stereocenters. The van der Waals surface area contributed by atoms with E-state index in [0.29, 0.717) is 0 Å². The van der Waals surface area contributed by atoms with Crippen LogP contribution in [0.25, 0.3) is 0 Å². The first-order valence-electron chi connectivity index (χ1n) is 6.23. The van der Waals surface area contributed by atoms with Gasteiger partial charge in [-0.25, -0.2) is 0 Å². The molecule has 1 N–H and O–H groups in total. The summed E-state index contributed by atoms with van der Waals surface area (Å²) in [6, 6.07) is 8.51. The topological polar surface area (TPSA) is 15.3 Å². The molecule has 0 bridgehead atoms. The molecule has 2 heteroatoms. The van der Waals surface area contributed by atoms with Gasteiger partial charge >= 0.3 is 0 Å². The van der Waals surface area contributed by atoms with Crippen LogP contribution in [0.1, 0.15) is 27.2 Å². The second-order valence-corrected chi connectivity index (χ2v) is 4.43. The standard InChI is InChI=1S/C14H24N2/c1-5-12(3)11-15-13-9-7-8-10-14(13)16(4)6-2/h7-10,12,15H,5-6,11H2,1-4H3. The van der Waals surface area contributed by atoms with Crippen molar-refractivity contribution < 1.29 is 0 Å². The lowest BCUT2D eigenvalue weighted by atomic mass is 10.1. The van der Waals surface area contributed by atoms with Crippen LogP contribution in [-0.4, -0.2) is 20.1 Å². The van der Waals surface area contributed by atoms with Crippen molar-refractivity contribution in [3.05, 3.63) is 24.3 Å². The molecule has 90 valence electrons. The molecular formula is C14H24N2. The van der Waals surface area contributed by atoms with Gasteiger partial charge in [-0.3, -0.25) is 0 Å². The normalized spacial score (nSPS) is 12.2. The number of para-hydroxylation sites is 2. The van der Waals surface area contributed by atoms with Crippen molar-refractivity contribution >= 4 is 11.4 Å². The first-order chi connectivity index (χ1) is 7.69. The molecule has 0 amide bonds. The van der Waals surface area contributed by atoms with Crippen LogP contribution in [0, 0.1) is 5.92 Å². The van der Waals surface area contributed by atoms with E-state index in [0.717, 1.165) is 19.0 Å². The minimum absolute atomic E-state index is 0.722. The lowest BCUT2D eigenvalue weighted by Gasteiger charge is -2.22. The smallest absolute Gasteiger partial charge is 0.0599 e. The Labute approximate surface area is 99.7 Å². The average molecular weight is 220 g/mol. The molecule has 1 atom stereocenters. The zero-order chi connectivity index (χ0) is 12.0. The maximum absolute atomic E-state index is 3.54. The lowest BCUT2D eigenvalue weighted by molar-refractivity contribution is 0.593. The summed E-state index contributed by atoms with van der Waals surface area (Å²) in [6.45, 7) is 8.76. The van der Waals surface area contributed by atoms with Gasteiger partial charge in [0.25, 0.3) is 0 Å². The molecule has 0 heterocycles. The number of nitrogens with one attached hydrogen (secondary N) is 1. The molecule has 0 saturated heterocycles. The molecule has 0 aliphatic heterocycles. The molecule has 0 saturated carbocycles. The van der Waals surface area contributed by atoms with E-state index in [1.54, 1.807) is 0 Å². The van der Waals surface area contributed by atoms with Gasteiger partial charge in [0.2, 0.25) is 0 Å². The van der Waals surface area contributed by atoms with Crippen LogP contribution in [0.2, 0.25) is 0 Å². The maximum Gasteiger partial charge on any atom is 0.0599 e. The molecule has 0 fully saturated rings. The van der Waals surface area contributed by atoms with Crippen molar-refractivity contribution in [2.45, 2.75) is 27.2 Å². The van der Waals surface area contributed by atoms with E-state index in [2.05, 4.69) is 62.3 Å². The Kier molecular flexibility index (Phi) is 5.17. The second kappa shape index (κ2) is 6.41. The molecular weight excluding hydrogens is 196 g/mol. The Balaban J connectivity index is 2.71. The quantitative estimate of drug-likeness (QED) is 0.788. The Hall–Kier alpha value is -1.18. The summed E-state index contributed by atoms with van der Waals surface area (Å²) in [5.74, 6) is 0.722. The molecule has 1 rings (SSSR count). The third kappa shape index (κ3) is 3.44. The maximum atomic E-state index is 3.54. The molecule has 0 aliphatic carbocycles. The van der Waals surface area contributed by atoms with Crippen molar-refractivity contribution in [1.29, 1.82) is 0 Å². The summed E-state index contributed by atoms with van der Waals surface area (Å²) in [6.07, 6.45) is 1.22. The van der Waals surface area contributed by atoms with Crippen molar-refractivity contribution in [1.82, 2.24) is 0 Å². The molecule has 0 radical (unpaired) electrons. The van der Waals surface area contributed by atoms with Gasteiger partial charge in [-0.05, 0) is 25.0 Å². The Morgan fingerprint density at radius 1 is 1.25 bits per heavy atom. The van der Waals surface area contributed by atoms with Crippen molar-refractivity contribution in [3.8, 4) is 0 Å². The summed E-state index contributed by atoms with van der Waals surface area (Å²) in [7, 11) is 2.13. The zero-order valence-corrected chi connectivity index (χ0v) is 11.0. The summed E-state index contributed by atoms with van der Waals surface area (Å²) in [4.78, 5) is 2.26. The predicted molar refractivity (Wildman–Crippen MR) is 73.3 cm³/mol. The number of rotatable bonds is 6. The Morgan fingerprint density at radius 3 is 2.56 bits per heavy atom. The van der Waals surface area contributed by atoms with E-state index >= 15 is 0 Å². The highest BCUT2D eigenvalue weighted by Gasteiger charge is 2.05. The van der Waals surface area contributed by atoms with E-state index in [1.807, 2.05) is 0 Å². The summed E-state index contributed by atoms with van der Waals surface area (Å²) in [5, 5.41) is 3.54. The second-order valence-electron chi connectivity index (χ2n) is 4.43.